The summed E-state index contributed by atoms with van der Waals surface area (Å²) in [6.45, 7) is 1.51. The first kappa shape index (κ1) is 17.5. The Morgan fingerprint density at radius 1 is 0.962 bits per heavy atom. The molecule has 3 rings (SSSR count). The molecule has 0 spiro atoms. The minimum absolute atomic E-state index is 0.0301. The van der Waals surface area contributed by atoms with Crippen molar-refractivity contribution >= 4 is 17.4 Å². The molecule has 0 radical (unpaired) electrons. The number of hydrogen-bond acceptors (Lipinski definition) is 3. The van der Waals surface area contributed by atoms with Crippen molar-refractivity contribution in [3.8, 4) is 0 Å². The van der Waals surface area contributed by atoms with Crippen LogP contribution in [0.5, 0.6) is 0 Å². The summed E-state index contributed by atoms with van der Waals surface area (Å²) in [5.74, 6) is -0.467. The summed E-state index contributed by atoms with van der Waals surface area (Å²) in [5.41, 5.74) is 3.19. The van der Waals surface area contributed by atoms with Crippen LogP contribution in [0.4, 0.5) is 5.69 Å². The summed E-state index contributed by atoms with van der Waals surface area (Å²) in [6, 6.07) is 20.5. The SMILES string of the molecule is CC(=O)c1cccc(NC(=O)C(Cc2ccncc2)c2ccccc2)c1. The lowest BCUT2D eigenvalue weighted by molar-refractivity contribution is -0.117. The van der Waals surface area contributed by atoms with E-state index in [1.807, 2.05) is 42.5 Å². The topological polar surface area (TPSA) is 59.1 Å². The normalized spacial score (nSPS) is 11.6. The molecule has 1 atom stereocenters. The lowest BCUT2D eigenvalue weighted by Gasteiger charge is -2.18. The van der Waals surface area contributed by atoms with E-state index >= 15 is 0 Å². The summed E-state index contributed by atoms with van der Waals surface area (Å²) in [6.07, 6.45) is 4.03. The molecule has 4 nitrogen and oxygen atoms in total. The number of ketones is 1. The minimum Gasteiger partial charge on any atom is -0.326 e. The van der Waals surface area contributed by atoms with E-state index in [0.717, 1.165) is 11.1 Å². The number of anilines is 1. The fourth-order valence-electron chi connectivity index (χ4n) is 2.85. The molecule has 1 aromatic heterocycles. The smallest absolute Gasteiger partial charge is 0.232 e. The van der Waals surface area contributed by atoms with Crippen molar-refractivity contribution in [1.82, 2.24) is 4.98 Å². The number of Topliss-reactive ketones (excluding diaryl/α,β-unsaturated/α-hetero) is 1. The van der Waals surface area contributed by atoms with E-state index in [1.54, 1.807) is 36.7 Å². The van der Waals surface area contributed by atoms with Crippen molar-refractivity contribution in [3.63, 3.8) is 0 Å². The van der Waals surface area contributed by atoms with Crippen molar-refractivity contribution in [2.75, 3.05) is 5.32 Å². The molecule has 26 heavy (non-hydrogen) atoms. The van der Waals surface area contributed by atoms with Crippen LogP contribution >= 0.6 is 0 Å². The Hall–Kier alpha value is -3.27. The highest BCUT2D eigenvalue weighted by Crippen LogP contribution is 2.23. The highest BCUT2D eigenvalue weighted by atomic mass is 16.2. The second-order valence-electron chi connectivity index (χ2n) is 6.15. The van der Waals surface area contributed by atoms with Gasteiger partial charge in [-0.15, -0.1) is 0 Å². The number of nitrogens with one attached hydrogen (secondary N) is 1. The molecule has 4 heteroatoms. The maximum atomic E-state index is 13.0. The summed E-state index contributed by atoms with van der Waals surface area (Å²) in [5, 5.41) is 2.95. The molecule has 2 aromatic carbocycles. The van der Waals surface area contributed by atoms with E-state index in [9.17, 15) is 9.59 Å². The summed E-state index contributed by atoms with van der Waals surface area (Å²) < 4.78 is 0. The first-order valence-electron chi connectivity index (χ1n) is 8.49. The monoisotopic (exact) mass is 344 g/mol. The average Bonchev–Trinajstić information content (AvgIpc) is 2.67. The first-order valence-corrected chi connectivity index (χ1v) is 8.49. The van der Waals surface area contributed by atoms with Crippen molar-refractivity contribution in [1.29, 1.82) is 0 Å². The zero-order valence-electron chi connectivity index (χ0n) is 14.6. The van der Waals surface area contributed by atoms with Gasteiger partial charge in [-0.1, -0.05) is 42.5 Å². The number of pyridine rings is 1. The summed E-state index contributed by atoms with van der Waals surface area (Å²) >= 11 is 0. The Kier molecular flexibility index (Phi) is 5.54. The van der Waals surface area contributed by atoms with Gasteiger partial charge in [-0.05, 0) is 48.7 Å². The van der Waals surface area contributed by atoms with Gasteiger partial charge in [0.25, 0.3) is 0 Å². The number of hydrogen-bond donors (Lipinski definition) is 1. The Morgan fingerprint density at radius 3 is 2.38 bits per heavy atom. The van der Waals surface area contributed by atoms with E-state index in [4.69, 9.17) is 0 Å². The molecule has 0 saturated heterocycles. The maximum Gasteiger partial charge on any atom is 0.232 e. The molecule has 0 aliphatic carbocycles. The fraction of sp³-hybridized carbons (Fsp3) is 0.136. The minimum atomic E-state index is -0.334. The molecule has 1 N–H and O–H groups in total. The summed E-state index contributed by atoms with van der Waals surface area (Å²) in [7, 11) is 0. The second kappa shape index (κ2) is 8.21. The molecule has 1 heterocycles. The van der Waals surface area contributed by atoms with Crippen molar-refractivity contribution in [2.45, 2.75) is 19.3 Å². The molecule has 0 aliphatic heterocycles. The molecule has 0 aliphatic rings. The lowest BCUT2D eigenvalue weighted by Crippen LogP contribution is -2.23. The molecule has 0 saturated carbocycles. The van der Waals surface area contributed by atoms with Crippen LogP contribution < -0.4 is 5.32 Å². The van der Waals surface area contributed by atoms with E-state index < -0.39 is 0 Å². The number of aromatic nitrogens is 1. The van der Waals surface area contributed by atoms with Gasteiger partial charge in [-0.2, -0.15) is 0 Å². The van der Waals surface area contributed by atoms with E-state index in [1.165, 1.54) is 6.92 Å². The Balaban J connectivity index is 1.85. The van der Waals surface area contributed by atoms with Gasteiger partial charge in [0.15, 0.2) is 5.78 Å². The summed E-state index contributed by atoms with van der Waals surface area (Å²) in [4.78, 5) is 28.6. The number of benzene rings is 2. The van der Waals surface area contributed by atoms with Gasteiger partial charge in [0.1, 0.15) is 0 Å². The van der Waals surface area contributed by atoms with Gasteiger partial charge in [-0.3, -0.25) is 14.6 Å². The largest absolute Gasteiger partial charge is 0.326 e. The Labute approximate surface area is 152 Å². The molecule has 3 aromatic rings. The molecule has 1 unspecified atom stereocenters. The van der Waals surface area contributed by atoms with Crippen LogP contribution in [-0.4, -0.2) is 16.7 Å². The van der Waals surface area contributed by atoms with Gasteiger partial charge in [0.2, 0.25) is 5.91 Å². The van der Waals surface area contributed by atoms with Crippen LogP contribution in [-0.2, 0) is 11.2 Å². The number of carbonyl (C=O) groups is 2. The molecule has 0 fully saturated rings. The third kappa shape index (κ3) is 4.42. The number of nitrogens with zero attached hydrogens (tertiary/aromatic N) is 1. The molecule has 0 bridgehead atoms. The van der Waals surface area contributed by atoms with E-state index in [2.05, 4.69) is 10.3 Å². The van der Waals surface area contributed by atoms with Crippen LogP contribution in [0.15, 0.2) is 79.1 Å². The van der Waals surface area contributed by atoms with Crippen LogP contribution in [0.1, 0.15) is 34.3 Å². The highest BCUT2D eigenvalue weighted by Gasteiger charge is 2.21. The predicted molar refractivity (Wildman–Crippen MR) is 102 cm³/mol. The maximum absolute atomic E-state index is 13.0. The van der Waals surface area contributed by atoms with Crippen LogP contribution in [0, 0.1) is 0 Å². The van der Waals surface area contributed by atoms with Gasteiger partial charge in [-0.25, -0.2) is 0 Å². The number of carbonyl (C=O) groups excluding carboxylic acids is 2. The molecule has 1 amide bonds. The number of amides is 1. The van der Waals surface area contributed by atoms with Crippen LogP contribution in [0.3, 0.4) is 0 Å². The van der Waals surface area contributed by atoms with Crippen LogP contribution in [0.25, 0.3) is 0 Å². The fourth-order valence-corrected chi connectivity index (χ4v) is 2.85. The third-order valence-electron chi connectivity index (χ3n) is 4.24. The number of rotatable bonds is 6. The predicted octanol–water partition coefficient (Wildman–Crippen LogP) is 4.25. The molecule has 130 valence electrons. The quantitative estimate of drug-likeness (QED) is 0.680. The highest BCUT2D eigenvalue weighted by molar-refractivity contribution is 5.99. The zero-order valence-corrected chi connectivity index (χ0v) is 14.6. The zero-order chi connectivity index (χ0) is 18.4. The van der Waals surface area contributed by atoms with Crippen LogP contribution in [0.2, 0.25) is 0 Å². The van der Waals surface area contributed by atoms with Gasteiger partial charge < -0.3 is 5.32 Å². The average molecular weight is 344 g/mol. The van der Waals surface area contributed by atoms with Crippen molar-refractivity contribution in [3.05, 3.63) is 95.8 Å². The molecular formula is C22H20N2O2. The van der Waals surface area contributed by atoms with E-state index in [0.29, 0.717) is 17.7 Å². The van der Waals surface area contributed by atoms with Gasteiger partial charge >= 0.3 is 0 Å². The standard InChI is InChI=1S/C22H20N2O2/c1-16(25)19-8-5-9-20(15-19)24-22(26)21(18-6-3-2-4-7-18)14-17-10-12-23-13-11-17/h2-13,15,21H,14H2,1H3,(H,24,26). The third-order valence-corrected chi connectivity index (χ3v) is 4.24. The van der Waals surface area contributed by atoms with Gasteiger partial charge in [0, 0.05) is 23.6 Å². The Bertz CT molecular complexity index is 892. The van der Waals surface area contributed by atoms with Crippen molar-refractivity contribution in [2.24, 2.45) is 0 Å². The molecular weight excluding hydrogens is 324 g/mol. The Morgan fingerprint density at radius 2 is 1.69 bits per heavy atom. The second-order valence-corrected chi connectivity index (χ2v) is 6.15. The van der Waals surface area contributed by atoms with Crippen molar-refractivity contribution < 1.29 is 9.59 Å². The van der Waals surface area contributed by atoms with E-state index in [-0.39, 0.29) is 17.6 Å². The first-order chi connectivity index (χ1) is 12.6. The van der Waals surface area contributed by atoms with Gasteiger partial charge in [0.05, 0.1) is 5.92 Å². The lowest BCUT2D eigenvalue weighted by atomic mass is 9.91.